The highest BCUT2D eigenvalue weighted by molar-refractivity contribution is 7.92. The van der Waals surface area contributed by atoms with Crippen molar-refractivity contribution in [1.82, 2.24) is 9.97 Å². The van der Waals surface area contributed by atoms with E-state index in [2.05, 4.69) is 14.7 Å². The lowest BCUT2D eigenvalue weighted by Crippen LogP contribution is -2.12. The van der Waals surface area contributed by atoms with E-state index in [1.165, 1.54) is 6.33 Å². The average Bonchev–Trinajstić information content (AvgIpc) is 2.48. The summed E-state index contributed by atoms with van der Waals surface area (Å²) in [4.78, 5) is 8.17. The Hall–Kier alpha value is -2.18. The summed E-state index contributed by atoms with van der Waals surface area (Å²) < 4.78 is 27.2. The van der Waals surface area contributed by atoms with E-state index in [9.17, 15) is 8.42 Å². The van der Waals surface area contributed by atoms with Crippen molar-refractivity contribution >= 4 is 38.2 Å². The van der Waals surface area contributed by atoms with E-state index in [4.69, 9.17) is 11.6 Å². The third kappa shape index (κ3) is 2.88. The number of anilines is 1. The molecule has 0 aliphatic carbocycles. The van der Waals surface area contributed by atoms with E-state index in [1.807, 2.05) is 6.92 Å². The molecular formula is C15H12ClN3O2S. The molecule has 3 aromatic rings. The molecule has 0 atom stereocenters. The van der Waals surface area contributed by atoms with Gasteiger partial charge in [-0.25, -0.2) is 18.4 Å². The van der Waals surface area contributed by atoms with Gasteiger partial charge in [0, 0.05) is 11.1 Å². The quantitative estimate of drug-likeness (QED) is 0.746. The molecule has 0 aliphatic heterocycles. The lowest BCUT2D eigenvalue weighted by Gasteiger charge is -2.09. The third-order valence-electron chi connectivity index (χ3n) is 3.17. The lowest BCUT2D eigenvalue weighted by molar-refractivity contribution is 0.601. The second-order valence-corrected chi connectivity index (χ2v) is 6.86. The normalized spacial score (nSPS) is 11.5. The number of nitrogens with zero attached hydrogens (tertiary/aromatic N) is 2. The number of fused-ring (bicyclic) bond motifs is 1. The van der Waals surface area contributed by atoms with Crippen LogP contribution in [0, 0.1) is 6.92 Å². The van der Waals surface area contributed by atoms with E-state index in [-0.39, 0.29) is 10.0 Å². The molecule has 1 heterocycles. The Labute approximate surface area is 133 Å². The van der Waals surface area contributed by atoms with Crippen LogP contribution < -0.4 is 4.72 Å². The molecular weight excluding hydrogens is 322 g/mol. The predicted molar refractivity (Wildman–Crippen MR) is 86.5 cm³/mol. The average molecular weight is 334 g/mol. The largest absolute Gasteiger partial charge is 0.280 e. The zero-order valence-electron chi connectivity index (χ0n) is 11.6. The van der Waals surface area contributed by atoms with Gasteiger partial charge in [0.25, 0.3) is 10.0 Å². The summed E-state index contributed by atoms with van der Waals surface area (Å²) in [6, 6.07) is 11.6. The first-order chi connectivity index (χ1) is 10.5. The molecule has 0 fully saturated rings. The summed E-state index contributed by atoms with van der Waals surface area (Å²) in [5.41, 5.74) is 2.05. The van der Waals surface area contributed by atoms with Gasteiger partial charge in [0.15, 0.2) is 0 Å². The molecule has 3 rings (SSSR count). The van der Waals surface area contributed by atoms with Crippen molar-refractivity contribution in [3.63, 3.8) is 0 Å². The van der Waals surface area contributed by atoms with Gasteiger partial charge in [-0.2, -0.15) is 0 Å². The van der Waals surface area contributed by atoms with Gasteiger partial charge in [0.1, 0.15) is 11.5 Å². The van der Waals surface area contributed by atoms with Crippen LogP contribution in [0.2, 0.25) is 5.15 Å². The summed E-state index contributed by atoms with van der Waals surface area (Å²) in [6.45, 7) is 1.90. The maximum absolute atomic E-state index is 12.4. The first kappa shape index (κ1) is 14.7. The number of aromatic nitrogens is 2. The summed E-state index contributed by atoms with van der Waals surface area (Å²) in [5, 5.41) is 0.870. The minimum atomic E-state index is -3.65. The topological polar surface area (TPSA) is 72.0 Å². The third-order valence-corrected chi connectivity index (χ3v) is 4.87. The Kier molecular flexibility index (Phi) is 3.72. The van der Waals surface area contributed by atoms with Gasteiger partial charge in [-0.3, -0.25) is 4.72 Å². The number of halogens is 1. The van der Waals surface area contributed by atoms with Crippen molar-refractivity contribution in [3.05, 3.63) is 59.5 Å². The molecule has 1 N–H and O–H groups in total. The summed E-state index contributed by atoms with van der Waals surface area (Å²) in [6.07, 6.45) is 1.36. The smallest absolute Gasteiger partial charge is 0.261 e. The molecule has 0 saturated heterocycles. The SMILES string of the molecule is Cc1ccc(S(=O)(=O)Nc2ccc3ncnc(Cl)c3c2)cc1. The second-order valence-electron chi connectivity index (χ2n) is 4.81. The zero-order chi connectivity index (χ0) is 15.7. The van der Waals surface area contributed by atoms with Crippen LogP contribution in [0.4, 0.5) is 5.69 Å². The molecule has 5 nitrogen and oxygen atoms in total. The van der Waals surface area contributed by atoms with Crippen molar-refractivity contribution in [2.24, 2.45) is 0 Å². The van der Waals surface area contributed by atoms with E-state index in [1.54, 1.807) is 42.5 Å². The number of hydrogen-bond acceptors (Lipinski definition) is 4. The molecule has 7 heteroatoms. The fraction of sp³-hybridized carbons (Fsp3) is 0.0667. The van der Waals surface area contributed by atoms with E-state index < -0.39 is 10.0 Å². The highest BCUT2D eigenvalue weighted by Crippen LogP contribution is 2.24. The molecule has 1 aromatic heterocycles. The molecule has 0 spiro atoms. The zero-order valence-corrected chi connectivity index (χ0v) is 13.2. The molecule has 0 aliphatic rings. The number of rotatable bonds is 3. The minimum absolute atomic E-state index is 0.202. The molecule has 112 valence electrons. The molecule has 0 radical (unpaired) electrons. The molecule has 0 amide bonds. The molecule has 2 aromatic carbocycles. The monoisotopic (exact) mass is 333 g/mol. The molecule has 0 bridgehead atoms. The fourth-order valence-corrected chi connectivity index (χ4v) is 3.26. The Balaban J connectivity index is 1.98. The highest BCUT2D eigenvalue weighted by Gasteiger charge is 2.14. The number of sulfonamides is 1. The number of aryl methyl sites for hydroxylation is 1. The van der Waals surface area contributed by atoms with E-state index in [0.717, 1.165) is 5.56 Å². The van der Waals surface area contributed by atoms with Crippen LogP contribution in [0.3, 0.4) is 0 Å². The summed E-state index contributed by atoms with van der Waals surface area (Å²) in [7, 11) is -3.65. The van der Waals surface area contributed by atoms with Gasteiger partial charge < -0.3 is 0 Å². The predicted octanol–water partition coefficient (Wildman–Crippen LogP) is 3.39. The lowest BCUT2D eigenvalue weighted by atomic mass is 10.2. The number of hydrogen-bond donors (Lipinski definition) is 1. The standard InChI is InChI=1S/C15H12ClN3O2S/c1-10-2-5-12(6-3-10)22(20,21)19-11-4-7-14-13(8-11)15(16)18-9-17-14/h2-9,19H,1H3. The van der Waals surface area contributed by atoms with Gasteiger partial charge in [0.2, 0.25) is 0 Å². The van der Waals surface area contributed by atoms with Crippen molar-refractivity contribution in [1.29, 1.82) is 0 Å². The second kappa shape index (κ2) is 5.55. The van der Waals surface area contributed by atoms with Crippen LogP contribution in [0.15, 0.2) is 53.7 Å². The number of benzene rings is 2. The Morgan fingerprint density at radius 1 is 1.05 bits per heavy atom. The van der Waals surface area contributed by atoms with Crippen LogP contribution in [0.1, 0.15) is 5.56 Å². The van der Waals surface area contributed by atoms with Crippen LogP contribution >= 0.6 is 11.6 Å². The summed E-state index contributed by atoms with van der Waals surface area (Å²) in [5.74, 6) is 0. The molecule has 0 saturated carbocycles. The Morgan fingerprint density at radius 2 is 1.77 bits per heavy atom. The van der Waals surface area contributed by atoms with E-state index >= 15 is 0 Å². The maximum atomic E-state index is 12.4. The van der Waals surface area contributed by atoms with E-state index in [0.29, 0.717) is 16.6 Å². The van der Waals surface area contributed by atoms with Gasteiger partial charge in [-0.15, -0.1) is 0 Å². The van der Waals surface area contributed by atoms with Crippen LogP contribution in [0.25, 0.3) is 10.9 Å². The van der Waals surface area contributed by atoms with Gasteiger partial charge in [-0.1, -0.05) is 29.3 Å². The number of nitrogens with one attached hydrogen (secondary N) is 1. The van der Waals surface area contributed by atoms with Gasteiger partial charge in [0.05, 0.1) is 10.4 Å². The van der Waals surface area contributed by atoms with Gasteiger partial charge in [-0.05, 0) is 37.3 Å². The van der Waals surface area contributed by atoms with Crippen molar-refractivity contribution in [3.8, 4) is 0 Å². The highest BCUT2D eigenvalue weighted by atomic mass is 35.5. The minimum Gasteiger partial charge on any atom is -0.280 e. The first-order valence-corrected chi connectivity index (χ1v) is 8.31. The van der Waals surface area contributed by atoms with Crippen molar-refractivity contribution in [2.45, 2.75) is 11.8 Å². The van der Waals surface area contributed by atoms with Crippen molar-refractivity contribution < 1.29 is 8.42 Å². The van der Waals surface area contributed by atoms with Crippen LogP contribution in [-0.2, 0) is 10.0 Å². The van der Waals surface area contributed by atoms with Crippen molar-refractivity contribution in [2.75, 3.05) is 4.72 Å². The molecule has 0 unspecified atom stereocenters. The fourth-order valence-electron chi connectivity index (χ4n) is 2.02. The molecule has 22 heavy (non-hydrogen) atoms. The Morgan fingerprint density at radius 3 is 2.50 bits per heavy atom. The summed E-state index contributed by atoms with van der Waals surface area (Å²) >= 11 is 6.01. The van der Waals surface area contributed by atoms with Gasteiger partial charge >= 0.3 is 0 Å². The first-order valence-electron chi connectivity index (χ1n) is 6.45. The Bertz CT molecular complexity index is 941. The van der Waals surface area contributed by atoms with Crippen LogP contribution in [-0.4, -0.2) is 18.4 Å². The van der Waals surface area contributed by atoms with Crippen LogP contribution in [0.5, 0.6) is 0 Å². The maximum Gasteiger partial charge on any atom is 0.261 e.